The van der Waals surface area contributed by atoms with Crippen molar-refractivity contribution in [2.75, 3.05) is 13.1 Å². The van der Waals surface area contributed by atoms with Crippen molar-refractivity contribution in [1.82, 2.24) is 4.90 Å². The number of rotatable bonds is 3. The van der Waals surface area contributed by atoms with Gasteiger partial charge in [-0.3, -0.25) is 4.90 Å². The smallest absolute Gasteiger partial charge is 0.132 e. The van der Waals surface area contributed by atoms with Crippen LogP contribution in [0.5, 0.6) is 0 Å². The van der Waals surface area contributed by atoms with Gasteiger partial charge in [-0.05, 0) is 49.6 Å². The molecule has 0 aliphatic carbocycles. The molecular formula is C20H20F2N2O. The van der Waals surface area contributed by atoms with Crippen molar-refractivity contribution in [3.63, 3.8) is 0 Å². The summed E-state index contributed by atoms with van der Waals surface area (Å²) in [5, 5.41) is 19.8. The molecule has 1 unspecified atom stereocenters. The average Bonchev–Trinajstić information content (AvgIpc) is 2.61. The Hall–Kier alpha value is -2.29. The summed E-state index contributed by atoms with van der Waals surface area (Å²) in [6, 6.07) is 13.3. The predicted molar refractivity (Wildman–Crippen MR) is 90.6 cm³/mol. The molecule has 1 aliphatic rings. The molecule has 0 spiro atoms. The van der Waals surface area contributed by atoms with Crippen LogP contribution in [0.2, 0.25) is 0 Å². The number of aliphatic hydroxyl groups is 1. The van der Waals surface area contributed by atoms with Gasteiger partial charge in [0.2, 0.25) is 0 Å². The van der Waals surface area contributed by atoms with Crippen LogP contribution >= 0.6 is 0 Å². The molecule has 0 aromatic heterocycles. The molecule has 0 bridgehead atoms. The molecular weight excluding hydrogens is 322 g/mol. The molecule has 0 saturated carbocycles. The van der Waals surface area contributed by atoms with E-state index < -0.39 is 17.2 Å². The van der Waals surface area contributed by atoms with Gasteiger partial charge >= 0.3 is 0 Å². The molecule has 0 radical (unpaired) electrons. The van der Waals surface area contributed by atoms with E-state index in [1.165, 1.54) is 18.2 Å². The minimum Gasteiger partial charge on any atom is -0.385 e. The van der Waals surface area contributed by atoms with Crippen molar-refractivity contribution in [3.05, 3.63) is 70.8 Å². The molecule has 25 heavy (non-hydrogen) atoms. The van der Waals surface area contributed by atoms with Crippen molar-refractivity contribution in [2.45, 2.75) is 31.4 Å². The lowest BCUT2D eigenvalue weighted by Gasteiger charge is -2.41. The molecule has 2 aromatic carbocycles. The van der Waals surface area contributed by atoms with Crippen LogP contribution in [-0.4, -0.2) is 23.1 Å². The lowest BCUT2D eigenvalue weighted by molar-refractivity contribution is -0.0392. The van der Waals surface area contributed by atoms with Crippen molar-refractivity contribution in [3.8, 4) is 6.07 Å². The van der Waals surface area contributed by atoms with E-state index in [-0.39, 0.29) is 24.4 Å². The van der Waals surface area contributed by atoms with Crippen LogP contribution < -0.4 is 0 Å². The second-order valence-electron chi connectivity index (χ2n) is 6.58. The molecule has 1 saturated heterocycles. The second-order valence-corrected chi connectivity index (χ2v) is 6.58. The fraction of sp³-hybridized carbons (Fsp3) is 0.350. The zero-order valence-corrected chi connectivity index (χ0v) is 14.0. The highest BCUT2D eigenvalue weighted by Crippen LogP contribution is 2.38. The van der Waals surface area contributed by atoms with Crippen molar-refractivity contribution >= 4 is 0 Å². The monoisotopic (exact) mass is 342 g/mol. The van der Waals surface area contributed by atoms with E-state index >= 15 is 0 Å². The lowest BCUT2D eigenvalue weighted by atomic mass is 9.83. The van der Waals surface area contributed by atoms with Crippen LogP contribution in [0, 0.1) is 23.0 Å². The summed E-state index contributed by atoms with van der Waals surface area (Å²) in [5.74, 6) is -1.41. The van der Waals surface area contributed by atoms with Crippen molar-refractivity contribution < 1.29 is 13.9 Å². The molecule has 3 nitrogen and oxygen atoms in total. The minimum absolute atomic E-state index is 0.0586. The lowest BCUT2D eigenvalue weighted by Crippen LogP contribution is -2.44. The normalized spacial score (nSPS) is 18.5. The fourth-order valence-electron chi connectivity index (χ4n) is 3.55. The summed E-state index contributed by atoms with van der Waals surface area (Å²) in [6.07, 6.45) is 0.514. The van der Waals surface area contributed by atoms with E-state index in [0.29, 0.717) is 18.7 Å². The minimum atomic E-state index is -1.49. The van der Waals surface area contributed by atoms with Gasteiger partial charge in [0.15, 0.2) is 0 Å². The van der Waals surface area contributed by atoms with E-state index in [1.54, 1.807) is 6.07 Å². The largest absolute Gasteiger partial charge is 0.385 e. The summed E-state index contributed by atoms with van der Waals surface area (Å²) in [6.45, 7) is 3.06. The summed E-state index contributed by atoms with van der Waals surface area (Å²) in [5.41, 5.74) is -0.0956. The Morgan fingerprint density at radius 1 is 1.12 bits per heavy atom. The van der Waals surface area contributed by atoms with Crippen LogP contribution in [0.3, 0.4) is 0 Å². The Kier molecular flexibility index (Phi) is 4.85. The molecule has 1 atom stereocenters. The zero-order chi connectivity index (χ0) is 18.0. The average molecular weight is 342 g/mol. The number of nitrogens with zero attached hydrogens (tertiary/aromatic N) is 2. The number of halogens is 2. The molecule has 2 aromatic rings. The van der Waals surface area contributed by atoms with Crippen LogP contribution in [0.1, 0.15) is 42.5 Å². The quantitative estimate of drug-likeness (QED) is 0.921. The Labute approximate surface area is 146 Å². The Bertz CT molecular complexity index is 787. The van der Waals surface area contributed by atoms with Crippen molar-refractivity contribution in [2.24, 2.45) is 0 Å². The molecule has 5 heteroatoms. The molecule has 1 fully saturated rings. The number of hydrogen-bond acceptors (Lipinski definition) is 3. The highest BCUT2D eigenvalue weighted by Gasteiger charge is 2.39. The van der Waals surface area contributed by atoms with Gasteiger partial charge in [-0.2, -0.15) is 5.26 Å². The highest BCUT2D eigenvalue weighted by molar-refractivity contribution is 5.34. The fourth-order valence-corrected chi connectivity index (χ4v) is 3.55. The van der Waals surface area contributed by atoms with Gasteiger partial charge in [0.1, 0.15) is 11.6 Å². The first-order chi connectivity index (χ1) is 11.9. The Morgan fingerprint density at radius 3 is 2.32 bits per heavy atom. The van der Waals surface area contributed by atoms with Crippen LogP contribution in [-0.2, 0) is 5.60 Å². The Morgan fingerprint density at radius 2 is 1.72 bits per heavy atom. The number of likely N-dealkylation sites (tertiary alicyclic amines) is 1. The molecule has 1 N–H and O–H groups in total. The molecule has 1 aliphatic heterocycles. The first-order valence-electron chi connectivity index (χ1n) is 8.35. The molecule has 1 heterocycles. The maximum Gasteiger partial charge on any atom is 0.132 e. The van der Waals surface area contributed by atoms with Crippen LogP contribution in [0.15, 0.2) is 42.5 Å². The Balaban J connectivity index is 1.76. The number of piperidine rings is 1. The van der Waals surface area contributed by atoms with E-state index in [0.717, 1.165) is 5.56 Å². The van der Waals surface area contributed by atoms with Gasteiger partial charge in [-0.15, -0.1) is 0 Å². The third-order valence-electron chi connectivity index (χ3n) is 5.10. The van der Waals surface area contributed by atoms with Gasteiger partial charge in [-0.25, -0.2) is 8.78 Å². The van der Waals surface area contributed by atoms with Gasteiger partial charge in [-0.1, -0.05) is 18.2 Å². The van der Waals surface area contributed by atoms with Gasteiger partial charge in [0.05, 0.1) is 22.8 Å². The van der Waals surface area contributed by atoms with Gasteiger partial charge in [0, 0.05) is 19.1 Å². The molecule has 0 amide bonds. The SMILES string of the molecule is CC(c1cccc(C#N)c1)N1CCC(O)(c2c(F)cccc2F)CC1. The van der Waals surface area contributed by atoms with E-state index in [9.17, 15) is 13.9 Å². The molecule has 130 valence electrons. The number of benzene rings is 2. The summed E-state index contributed by atoms with van der Waals surface area (Å²) < 4.78 is 28.1. The van der Waals surface area contributed by atoms with Gasteiger partial charge < -0.3 is 5.11 Å². The third-order valence-corrected chi connectivity index (χ3v) is 5.10. The number of nitriles is 1. The first-order valence-corrected chi connectivity index (χ1v) is 8.35. The highest BCUT2D eigenvalue weighted by atomic mass is 19.1. The molecule has 3 rings (SSSR count). The zero-order valence-electron chi connectivity index (χ0n) is 14.0. The van der Waals surface area contributed by atoms with Crippen LogP contribution in [0.25, 0.3) is 0 Å². The summed E-state index contributed by atoms with van der Waals surface area (Å²) in [7, 11) is 0. The summed E-state index contributed by atoms with van der Waals surface area (Å²) >= 11 is 0. The standard InChI is InChI=1S/C20H20F2N2O/c1-14(16-5-2-4-15(12-16)13-23)24-10-8-20(25,9-11-24)19-17(21)6-3-7-18(19)22/h2-7,12,14,25H,8-11H2,1H3. The van der Waals surface area contributed by atoms with E-state index in [1.807, 2.05) is 25.1 Å². The van der Waals surface area contributed by atoms with Gasteiger partial charge in [0.25, 0.3) is 0 Å². The first kappa shape index (κ1) is 17.5. The second kappa shape index (κ2) is 6.91. The maximum atomic E-state index is 14.0. The topological polar surface area (TPSA) is 47.3 Å². The maximum absolute atomic E-state index is 14.0. The number of hydrogen-bond donors (Lipinski definition) is 1. The van der Waals surface area contributed by atoms with E-state index in [4.69, 9.17) is 5.26 Å². The van der Waals surface area contributed by atoms with Crippen LogP contribution in [0.4, 0.5) is 8.78 Å². The third kappa shape index (κ3) is 3.41. The van der Waals surface area contributed by atoms with E-state index in [2.05, 4.69) is 11.0 Å². The predicted octanol–water partition coefficient (Wildman–Crippen LogP) is 3.88. The van der Waals surface area contributed by atoms with Crippen molar-refractivity contribution in [1.29, 1.82) is 5.26 Å². The summed E-state index contributed by atoms with van der Waals surface area (Å²) in [4.78, 5) is 2.16.